The number of methoxy groups -OCH3 is 1. The second kappa shape index (κ2) is 7.49. The Kier molecular flexibility index (Phi) is 5.34. The van der Waals surface area contributed by atoms with Gasteiger partial charge in [-0.25, -0.2) is 0 Å². The molecule has 2 heterocycles. The van der Waals surface area contributed by atoms with Crippen LogP contribution < -0.4 is 4.74 Å². The number of likely N-dealkylation sites (tertiary alicyclic amines) is 1. The molecule has 2 fully saturated rings. The lowest BCUT2D eigenvalue weighted by atomic mass is 10.2. The maximum absolute atomic E-state index is 12.5. The van der Waals surface area contributed by atoms with Crippen molar-refractivity contribution in [3.8, 4) is 5.75 Å². The van der Waals surface area contributed by atoms with Crippen LogP contribution in [0.3, 0.4) is 0 Å². The summed E-state index contributed by atoms with van der Waals surface area (Å²) in [5, 5.41) is 0.0558. The summed E-state index contributed by atoms with van der Waals surface area (Å²) in [5.74, 6) is -0.115. The third kappa shape index (κ3) is 3.82. The molecular weight excluding hydrogens is 364 g/mol. The maximum atomic E-state index is 12.5. The molecule has 1 aromatic rings. The minimum atomic E-state index is -0.468. The van der Waals surface area contributed by atoms with E-state index in [9.17, 15) is 14.4 Å². The molecule has 3 amide bonds. The Labute approximate surface area is 154 Å². The van der Waals surface area contributed by atoms with Gasteiger partial charge in [-0.2, -0.15) is 0 Å². The van der Waals surface area contributed by atoms with Crippen LogP contribution in [0.15, 0.2) is 23.1 Å². The lowest BCUT2D eigenvalue weighted by molar-refractivity contribution is -0.135. The highest BCUT2D eigenvalue weighted by atomic mass is 35.5. The van der Waals surface area contributed by atoms with Crippen molar-refractivity contribution in [1.29, 1.82) is 0 Å². The van der Waals surface area contributed by atoms with Crippen molar-refractivity contribution in [3.05, 3.63) is 33.7 Å². The molecule has 0 aliphatic carbocycles. The molecular formula is C17H17ClN2O4S. The number of rotatable bonds is 4. The molecule has 2 saturated heterocycles. The van der Waals surface area contributed by atoms with Gasteiger partial charge >= 0.3 is 0 Å². The fourth-order valence-corrected chi connectivity index (χ4v) is 3.81. The van der Waals surface area contributed by atoms with E-state index in [4.69, 9.17) is 16.3 Å². The van der Waals surface area contributed by atoms with E-state index in [1.807, 2.05) is 0 Å². The van der Waals surface area contributed by atoms with Gasteiger partial charge in [-0.3, -0.25) is 19.3 Å². The summed E-state index contributed by atoms with van der Waals surface area (Å²) in [7, 11) is 1.51. The van der Waals surface area contributed by atoms with Gasteiger partial charge < -0.3 is 9.64 Å². The van der Waals surface area contributed by atoms with Gasteiger partial charge in [-0.1, -0.05) is 11.6 Å². The Balaban J connectivity index is 1.79. The molecule has 2 aliphatic rings. The van der Waals surface area contributed by atoms with Crippen molar-refractivity contribution in [1.82, 2.24) is 9.80 Å². The van der Waals surface area contributed by atoms with Crippen molar-refractivity contribution in [3.63, 3.8) is 0 Å². The molecule has 8 heteroatoms. The normalized spacial score (nSPS) is 19.2. The van der Waals surface area contributed by atoms with E-state index in [-0.39, 0.29) is 17.4 Å². The molecule has 0 bridgehead atoms. The predicted octanol–water partition coefficient (Wildman–Crippen LogP) is 3.01. The third-order valence-corrected chi connectivity index (χ3v) is 5.25. The Morgan fingerprint density at radius 1 is 1.32 bits per heavy atom. The van der Waals surface area contributed by atoms with Crippen LogP contribution in [0.2, 0.25) is 5.02 Å². The fraction of sp³-hybridized carbons (Fsp3) is 0.353. The number of hydrogen-bond donors (Lipinski definition) is 0. The zero-order chi connectivity index (χ0) is 18.0. The first-order chi connectivity index (χ1) is 12.0. The summed E-state index contributed by atoms with van der Waals surface area (Å²) in [6.45, 7) is 1.16. The highest BCUT2D eigenvalue weighted by molar-refractivity contribution is 8.18. The van der Waals surface area contributed by atoms with Crippen LogP contribution in [0.4, 0.5) is 4.79 Å². The highest BCUT2D eigenvalue weighted by Gasteiger charge is 2.37. The molecule has 0 unspecified atom stereocenters. The maximum Gasteiger partial charge on any atom is 0.294 e. The number of thioether (sulfide) groups is 1. The Bertz CT molecular complexity index is 759. The second-order valence-electron chi connectivity index (χ2n) is 5.74. The average molecular weight is 381 g/mol. The van der Waals surface area contributed by atoms with Gasteiger partial charge in [0.1, 0.15) is 12.3 Å². The smallest absolute Gasteiger partial charge is 0.294 e. The molecule has 1 aromatic carbocycles. The highest BCUT2D eigenvalue weighted by Crippen LogP contribution is 2.34. The van der Waals surface area contributed by atoms with Gasteiger partial charge in [-0.15, -0.1) is 0 Å². The summed E-state index contributed by atoms with van der Waals surface area (Å²) in [5.41, 5.74) is 0.603. The van der Waals surface area contributed by atoms with E-state index in [1.54, 1.807) is 29.2 Å². The molecule has 0 N–H and O–H groups in total. The largest absolute Gasteiger partial charge is 0.496 e. The number of amides is 3. The van der Waals surface area contributed by atoms with Crippen molar-refractivity contribution in [2.24, 2.45) is 0 Å². The van der Waals surface area contributed by atoms with E-state index in [0.717, 1.165) is 29.5 Å². The Hall–Kier alpha value is -1.99. The minimum Gasteiger partial charge on any atom is -0.496 e. The Morgan fingerprint density at radius 3 is 2.72 bits per heavy atom. The zero-order valence-electron chi connectivity index (χ0n) is 13.7. The molecule has 0 spiro atoms. The van der Waals surface area contributed by atoms with Crippen LogP contribution in [-0.2, 0) is 9.59 Å². The van der Waals surface area contributed by atoms with Gasteiger partial charge in [0.25, 0.3) is 11.1 Å². The number of hydrogen-bond acceptors (Lipinski definition) is 5. The first-order valence-electron chi connectivity index (χ1n) is 7.86. The molecule has 132 valence electrons. The molecule has 6 nitrogen and oxygen atoms in total. The van der Waals surface area contributed by atoms with Gasteiger partial charge in [0.15, 0.2) is 0 Å². The number of nitrogens with zero attached hydrogens (tertiary/aromatic N) is 2. The van der Waals surface area contributed by atoms with Gasteiger partial charge in [0, 0.05) is 23.7 Å². The fourth-order valence-electron chi connectivity index (χ4n) is 2.80. The van der Waals surface area contributed by atoms with Gasteiger partial charge in [0.05, 0.1) is 12.0 Å². The molecule has 0 radical (unpaired) electrons. The van der Waals surface area contributed by atoms with Gasteiger partial charge in [-0.05, 0) is 48.9 Å². The standard InChI is InChI=1S/C17H17ClN2O4S/c1-24-13-5-4-12(18)8-11(13)9-14-16(22)20(17(23)25-14)10-15(21)19-6-2-3-7-19/h4-5,8-9H,2-3,6-7,10H2,1H3. The van der Waals surface area contributed by atoms with E-state index in [0.29, 0.717) is 29.4 Å². The summed E-state index contributed by atoms with van der Waals surface area (Å²) in [6.07, 6.45) is 3.49. The van der Waals surface area contributed by atoms with Crippen molar-refractivity contribution in [2.45, 2.75) is 12.8 Å². The number of benzene rings is 1. The molecule has 2 aliphatic heterocycles. The number of carbonyl (C=O) groups is 3. The van der Waals surface area contributed by atoms with E-state index in [1.165, 1.54) is 7.11 Å². The number of ether oxygens (including phenoxy) is 1. The lowest BCUT2D eigenvalue weighted by Gasteiger charge is -2.18. The van der Waals surface area contributed by atoms with Crippen molar-refractivity contribution < 1.29 is 19.1 Å². The first kappa shape index (κ1) is 17.8. The molecule has 0 atom stereocenters. The van der Waals surface area contributed by atoms with Gasteiger partial charge in [0.2, 0.25) is 5.91 Å². The SMILES string of the molecule is COc1ccc(Cl)cc1C=C1SC(=O)N(CC(=O)N2CCCC2)C1=O. The first-order valence-corrected chi connectivity index (χ1v) is 9.05. The summed E-state index contributed by atoms with van der Waals surface area (Å²) in [4.78, 5) is 39.8. The van der Waals surface area contributed by atoms with E-state index >= 15 is 0 Å². The topological polar surface area (TPSA) is 66.9 Å². The van der Waals surface area contributed by atoms with Crippen LogP contribution in [0.5, 0.6) is 5.75 Å². The molecule has 0 aromatic heterocycles. The van der Waals surface area contributed by atoms with Crippen LogP contribution >= 0.6 is 23.4 Å². The van der Waals surface area contributed by atoms with Crippen LogP contribution in [0.1, 0.15) is 18.4 Å². The summed E-state index contributed by atoms with van der Waals surface area (Å²) in [6, 6.07) is 5.03. The average Bonchev–Trinajstić information content (AvgIpc) is 3.20. The quantitative estimate of drug-likeness (QED) is 0.751. The zero-order valence-corrected chi connectivity index (χ0v) is 15.2. The second-order valence-corrected chi connectivity index (χ2v) is 7.17. The van der Waals surface area contributed by atoms with Crippen LogP contribution in [0.25, 0.3) is 6.08 Å². The van der Waals surface area contributed by atoms with E-state index < -0.39 is 11.1 Å². The van der Waals surface area contributed by atoms with Crippen LogP contribution in [-0.4, -0.2) is 53.6 Å². The monoisotopic (exact) mass is 380 g/mol. The number of imide groups is 1. The number of halogens is 1. The van der Waals surface area contributed by atoms with Crippen molar-refractivity contribution in [2.75, 3.05) is 26.7 Å². The van der Waals surface area contributed by atoms with Crippen LogP contribution in [0, 0.1) is 0 Å². The Morgan fingerprint density at radius 2 is 2.04 bits per heavy atom. The predicted molar refractivity (Wildman–Crippen MR) is 96.5 cm³/mol. The molecule has 25 heavy (non-hydrogen) atoms. The van der Waals surface area contributed by atoms with E-state index in [2.05, 4.69) is 0 Å². The number of carbonyl (C=O) groups excluding carboxylic acids is 3. The molecule has 0 saturated carbocycles. The molecule has 3 rings (SSSR count). The minimum absolute atomic E-state index is 0.193. The van der Waals surface area contributed by atoms with Crippen molar-refractivity contribution >= 4 is 46.5 Å². The third-order valence-electron chi connectivity index (χ3n) is 4.10. The summed E-state index contributed by atoms with van der Waals surface area (Å²) >= 11 is 6.81. The summed E-state index contributed by atoms with van der Waals surface area (Å²) < 4.78 is 5.25. The lowest BCUT2D eigenvalue weighted by Crippen LogP contribution is -2.40.